The summed E-state index contributed by atoms with van der Waals surface area (Å²) < 4.78 is 5.95. The van der Waals surface area contributed by atoms with Crippen molar-refractivity contribution in [2.24, 2.45) is 5.92 Å². The van der Waals surface area contributed by atoms with E-state index >= 15 is 0 Å². The summed E-state index contributed by atoms with van der Waals surface area (Å²) in [5.74, 6) is 0.743. The third kappa shape index (κ3) is 4.02. The Labute approximate surface area is 116 Å². The fraction of sp³-hybridized carbons (Fsp3) is 0.688. The van der Waals surface area contributed by atoms with Crippen LogP contribution in [0.5, 0.6) is 0 Å². The first-order valence-corrected chi connectivity index (χ1v) is 7.51. The van der Waals surface area contributed by atoms with Gasteiger partial charge in [0.1, 0.15) is 0 Å². The lowest BCUT2D eigenvalue weighted by Gasteiger charge is -2.26. The second kappa shape index (κ2) is 7.01. The average molecular weight is 262 g/mol. The molecule has 1 aliphatic rings. The number of likely N-dealkylation sites (N-methyl/N-ethyl adjacent to an activating group) is 1. The van der Waals surface area contributed by atoms with Gasteiger partial charge in [0, 0.05) is 31.0 Å². The maximum Gasteiger partial charge on any atom is 0.0759 e. The Morgan fingerprint density at radius 1 is 1.37 bits per heavy atom. The van der Waals surface area contributed by atoms with Crippen molar-refractivity contribution in [1.82, 2.24) is 10.3 Å². The number of hydrogen-bond donors (Lipinski definition) is 1. The Morgan fingerprint density at radius 3 is 2.63 bits per heavy atom. The van der Waals surface area contributed by atoms with Crippen LogP contribution >= 0.6 is 0 Å². The van der Waals surface area contributed by atoms with Crippen LogP contribution in [0.3, 0.4) is 0 Å². The number of ether oxygens (including phenoxy) is 1. The van der Waals surface area contributed by atoms with Crippen LogP contribution < -0.4 is 5.32 Å². The third-order valence-corrected chi connectivity index (χ3v) is 3.94. The molecule has 106 valence electrons. The highest BCUT2D eigenvalue weighted by Gasteiger charge is 2.36. The zero-order valence-electron chi connectivity index (χ0n) is 12.4. The minimum Gasteiger partial charge on any atom is -0.377 e. The topological polar surface area (TPSA) is 34.1 Å². The molecule has 1 aliphatic carbocycles. The molecule has 1 fully saturated rings. The average Bonchev–Trinajstić information content (AvgIpc) is 3.28. The smallest absolute Gasteiger partial charge is 0.0759 e. The van der Waals surface area contributed by atoms with Crippen LogP contribution in [0.25, 0.3) is 0 Å². The predicted octanol–water partition coefficient (Wildman–Crippen LogP) is 2.59. The largest absolute Gasteiger partial charge is 0.377 e. The quantitative estimate of drug-likeness (QED) is 0.782. The molecule has 2 atom stereocenters. The molecule has 2 rings (SSSR count). The van der Waals surface area contributed by atoms with E-state index in [4.69, 9.17) is 4.74 Å². The highest BCUT2D eigenvalue weighted by molar-refractivity contribution is 5.15. The number of aromatic nitrogens is 1. The Kier molecular flexibility index (Phi) is 5.34. The van der Waals surface area contributed by atoms with E-state index in [1.165, 1.54) is 18.4 Å². The molecule has 0 amide bonds. The van der Waals surface area contributed by atoms with Crippen LogP contribution in [-0.2, 0) is 17.6 Å². The van der Waals surface area contributed by atoms with E-state index in [-0.39, 0.29) is 0 Å². The standard InChI is InChI=1S/C16H26N2O/c1-4-12-6-9-14(18-11-12)10-15(17-3)16(19-5-2)13-7-8-13/h6,9,11,13,15-17H,4-5,7-8,10H2,1-3H3. The summed E-state index contributed by atoms with van der Waals surface area (Å²) in [6.45, 7) is 5.03. The molecule has 0 spiro atoms. The van der Waals surface area contributed by atoms with Crippen molar-refractivity contribution in [2.45, 2.75) is 51.7 Å². The van der Waals surface area contributed by atoms with Crippen LogP contribution in [0.4, 0.5) is 0 Å². The Morgan fingerprint density at radius 2 is 2.16 bits per heavy atom. The van der Waals surface area contributed by atoms with Gasteiger partial charge in [-0.05, 0) is 50.8 Å². The highest BCUT2D eigenvalue weighted by Crippen LogP contribution is 2.36. The number of aryl methyl sites for hydroxylation is 1. The molecule has 19 heavy (non-hydrogen) atoms. The molecular formula is C16H26N2O. The number of pyridine rings is 1. The molecule has 2 unspecified atom stereocenters. The molecule has 3 nitrogen and oxygen atoms in total. The van der Waals surface area contributed by atoms with E-state index in [9.17, 15) is 0 Å². The van der Waals surface area contributed by atoms with Gasteiger partial charge in [0.15, 0.2) is 0 Å². The van der Waals surface area contributed by atoms with Gasteiger partial charge in [-0.1, -0.05) is 13.0 Å². The minimum atomic E-state index is 0.336. The molecule has 1 aromatic rings. The molecule has 1 N–H and O–H groups in total. The molecular weight excluding hydrogens is 236 g/mol. The van der Waals surface area contributed by atoms with Crippen molar-refractivity contribution >= 4 is 0 Å². The summed E-state index contributed by atoms with van der Waals surface area (Å²) in [6, 6.07) is 4.70. The molecule has 1 heterocycles. The molecule has 0 aromatic carbocycles. The predicted molar refractivity (Wildman–Crippen MR) is 78.3 cm³/mol. The normalized spacial score (nSPS) is 18.3. The van der Waals surface area contributed by atoms with Crippen molar-refractivity contribution in [2.75, 3.05) is 13.7 Å². The number of nitrogens with one attached hydrogen (secondary N) is 1. The van der Waals surface area contributed by atoms with E-state index < -0.39 is 0 Å². The Balaban J connectivity index is 1.99. The summed E-state index contributed by atoms with van der Waals surface area (Å²) in [5.41, 5.74) is 2.45. The number of rotatable bonds is 8. The summed E-state index contributed by atoms with van der Waals surface area (Å²) in [5, 5.41) is 3.42. The zero-order chi connectivity index (χ0) is 13.7. The van der Waals surface area contributed by atoms with Gasteiger partial charge in [0.2, 0.25) is 0 Å². The van der Waals surface area contributed by atoms with E-state index in [1.807, 2.05) is 13.2 Å². The third-order valence-electron chi connectivity index (χ3n) is 3.94. The highest BCUT2D eigenvalue weighted by atomic mass is 16.5. The van der Waals surface area contributed by atoms with Gasteiger partial charge in [0.05, 0.1) is 6.10 Å². The summed E-state index contributed by atoms with van der Waals surface area (Å²) in [7, 11) is 2.03. The number of hydrogen-bond acceptors (Lipinski definition) is 3. The summed E-state index contributed by atoms with van der Waals surface area (Å²) >= 11 is 0. The van der Waals surface area contributed by atoms with Crippen molar-refractivity contribution in [3.05, 3.63) is 29.6 Å². The maximum atomic E-state index is 5.95. The molecule has 1 saturated carbocycles. The van der Waals surface area contributed by atoms with Crippen molar-refractivity contribution in [3.8, 4) is 0 Å². The first kappa shape index (κ1) is 14.5. The molecule has 0 radical (unpaired) electrons. The molecule has 3 heteroatoms. The van der Waals surface area contributed by atoms with Crippen molar-refractivity contribution in [3.63, 3.8) is 0 Å². The summed E-state index contributed by atoms with van der Waals surface area (Å²) in [4.78, 5) is 4.56. The van der Waals surface area contributed by atoms with Gasteiger partial charge in [0.25, 0.3) is 0 Å². The molecule has 0 aliphatic heterocycles. The van der Waals surface area contributed by atoms with Gasteiger partial charge in [-0.2, -0.15) is 0 Å². The van der Waals surface area contributed by atoms with Crippen LogP contribution in [0.1, 0.15) is 37.9 Å². The van der Waals surface area contributed by atoms with E-state index in [0.717, 1.165) is 31.1 Å². The SMILES string of the molecule is CCOC(C1CC1)C(Cc1ccc(CC)cn1)NC. The van der Waals surface area contributed by atoms with Gasteiger partial charge >= 0.3 is 0 Å². The Bertz CT molecular complexity index is 373. The molecule has 1 aromatic heterocycles. The first-order chi connectivity index (χ1) is 9.28. The number of nitrogens with zero attached hydrogens (tertiary/aromatic N) is 1. The minimum absolute atomic E-state index is 0.336. The zero-order valence-corrected chi connectivity index (χ0v) is 12.4. The van der Waals surface area contributed by atoms with Gasteiger partial charge < -0.3 is 10.1 Å². The van der Waals surface area contributed by atoms with Gasteiger partial charge in [-0.25, -0.2) is 0 Å². The van der Waals surface area contributed by atoms with Crippen molar-refractivity contribution in [1.29, 1.82) is 0 Å². The molecule has 0 saturated heterocycles. The Hall–Kier alpha value is -0.930. The van der Waals surface area contributed by atoms with Crippen LogP contribution in [-0.4, -0.2) is 30.8 Å². The lowest BCUT2D eigenvalue weighted by Crippen LogP contribution is -2.42. The maximum absolute atomic E-state index is 5.95. The fourth-order valence-electron chi connectivity index (χ4n) is 2.59. The van der Waals surface area contributed by atoms with Crippen molar-refractivity contribution < 1.29 is 4.74 Å². The van der Waals surface area contributed by atoms with Crippen LogP contribution in [0, 0.1) is 5.92 Å². The van der Waals surface area contributed by atoms with Gasteiger partial charge in [-0.3, -0.25) is 4.98 Å². The van der Waals surface area contributed by atoms with Crippen LogP contribution in [0.15, 0.2) is 18.3 Å². The monoisotopic (exact) mass is 262 g/mol. The van der Waals surface area contributed by atoms with E-state index in [0.29, 0.717) is 12.1 Å². The second-order valence-corrected chi connectivity index (χ2v) is 5.37. The summed E-state index contributed by atoms with van der Waals surface area (Å²) in [6.07, 6.45) is 6.95. The second-order valence-electron chi connectivity index (χ2n) is 5.37. The lowest BCUT2D eigenvalue weighted by molar-refractivity contribution is 0.0209. The van der Waals surface area contributed by atoms with E-state index in [1.54, 1.807) is 0 Å². The van der Waals surface area contributed by atoms with E-state index in [2.05, 4.69) is 36.3 Å². The van der Waals surface area contributed by atoms with Gasteiger partial charge in [-0.15, -0.1) is 0 Å². The lowest BCUT2D eigenvalue weighted by atomic mass is 10.0. The molecule has 0 bridgehead atoms. The fourth-order valence-corrected chi connectivity index (χ4v) is 2.59. The first-order valence-electron chi connectivity index (χ1n) is 7.51. The van der Waals surface area contributed by atoms with Crippen LogP contribution in [0.2, 0.25) is 0 Å².